The molecule has 1 N–H and O–H groups in total. The first kappa shape index (κ1) is 20.2. The van der Waals surface area contributed by atoms with E-state index in [1.807, 2.05) is 35.2 Å². The van der Waals surface area contributed by atoms with Gasteiger partial charge in [0.25, 0.3) is 5.91 Å². The van der Waals surface area contributed by atoms with E-state index in [-0.39, 0.29) is 18.4 Å². The maximum absolute atomic E-state index is 12.9. The number of para-hydroxylation sites is 1. The molecule has 0 bridgehead atoms. The Bertz CT molecular complexity index is 676. The van der Waals surface area contributed by atoms with Gasteiger partial charge in [-0.05, 0) is 63.1 Å². The van der Waals surface area contributed by atoms with Crippen molar-refractivity contribution >= 4 is 11.8 Å². The molecule has 29 heavy (non-hydrogen) atoms. The minimum atomic E-state index is 0.00213. The van der Waals surface area contributed by atoms with Crippen molar-refractivity contribution in [2.45, 2.75) is 44.6 Å². The zero-order valence-corrected chi connectivity index (χ0v) is 17.2. The molecule has 4 rings (SSSR count). The fourth-order valence-electron chi connectivity index (χ4n) is 4.35. The number of hydrogen-bond acceptors (Lipinski definition) is 4. The van der Waals surface area contributed by atoms with Gasteiger partial charge in [-0.2, -0.15) is 0 Å². The molecule has 6 nitrogen and oxygen atoms in total. The molecule has 3 aliphatic rings. The Hall–Kier alpha value is -2.08. The minimum absolute atomic E-state index is 0.00213. The minimum Gasteiger partial charge on any atom is -0.484 e. The first-order chi connectivity index (χ1) is 14.2. The molecule has 0 aromatic heterocycles. The molecule has 2 saturated heterocycles. The van der Waals surface area contributed by atoms with Crippen molar-refractivity contribution in [2.75, 3.05) is 39.3 Å². The van der Waals surface area contributed by atoms with Crippen LogP contribution in [0.4, 0.5) is 0 Å². The Morgan fingerprint density at radius 2 is 1.55 bits per heavy atom. The standard InChI is InChI=1S/C23H33N3O3/c27-22(17-29-21-4-2-1-3-5-21)25-12-8-19(9-13-25)23(28)26-14-10-20(11-15-26)24-16-18-6-7-18/h1-5,18-20,24H,6-17H2. The summed E-state index contributed by atoms with van der Waals surface area (Å²) in [5.41, 5.74) is 0. The number of rotatable bonds is 7. The highest BCUT2D eigenvalue weighted by molar-refractivity contribution is 5.80. The molecule has 3 fully saturated rings. The van der Waals surface area contributed by atoms with E-state index in [4.69, 9.17) is 4.74 Å². The van der Waals surface area contributed by atoms with Crippen LogP contribution in [-0.4, -0.2) is 67.0 Å². The maximum Gasteiger partial charge on any atom is 0.260 e. The van der Waals surface area contributed by atoms with Gasteiger partial charge in [-0.1, -0.05) is 18.2 Å². The molecular formula is C23H33N3O3. The van der Waals surface area contributed by atoms with Crippen molar-refractivity contribution in [1.29, 1.82) is 0 Å². The summed E-state index contributed by atoms with van der Waals surface area (Å²) in [7, 11) is 0. The number of benzene rings is 1. The lowest BCUT2D eigenvalue weighted by molar-refractivity contribution is -0.142. The summed E-state index contributed by atoms with van der Waals surface area (Å²) in [5, 5.41) is 3.67. The van der Waals surface area contributed by atoms with Crippen molar-refractivity contribution in [3.8, 4) is 5.75 Å². The summed E-state index contributed by atoms with van der Waals surface area (Å²) in [5.74, 6) is 1.97. The Labute approximate surface area is 173 Å². The van der Waals surface area contributed by atoms with Crippen molar-refractivity contribution in [3.05, 3.63) is 30.3 Å². The molecule has 1 aromatic rings. The average Bonchev–Trinajstić information content (AvgIpc) is 3.61. The van der Waals surface area contributed by atoms with Gasteiger partial charge in [0, 0.05) is 38.1 Å². The lowest BCUT2D eigenvalue weighted by Gasteiger charge is -2.37. The van der Waals surface area contributed by atoms with E-state index < -0.39 is 0 Å². The summed E-state index contributed by atoms with van der Waals surface area (Å²) in [6.45, 7) is 4.24. The fourth-order valence-corrected chi connectivity index (χ4v) is 4.35. The molecule has 0 spiro atoms. The van der Waals surface area contributed by atoms with Gasteiger partial charge in [-0.15, -0.1) is 0 Å². The smallest absolute Gasteiger partial charge is 0.260 e. The molecule has 1 saturated carbocycles. The summed E-state index contributed by atoms with van der Waals surface area (Å²) in [6, 6.07) is 9.98. The molecule has 0 atom stereocenters. The molecule has 2 aliphatic heterocycles. The second-order valence-corrected chi connectivity index (χ2v) is 8.71. The second kappa shape index (κ2) is 9.61. The number of likely N-dealkylation sites (tertiary alicyclic amines) is 2. The van der Waals surface area contributed by atoms with Gasteiger partial charge in [0.05, 0.1) is 0 Å². The molecule has 158 valence electrons. The SMILES string of the molecule is O=C(COc1ccccc1)N1CCC(C(=O)N2CCC(NCC3CC3)CC2)CC1. The maximum atomic E-state index is 12.9. The van der Waals surface area contributed by atoms with Crippen LogP contribution in [0.15, 0.2) is 30.3 Å². The Kier molecular flexibility index (Phi) is 6.70. The van der Waals surface area contributed by atoms with Crippen LogP contribution in [0.1, 0.15) is 38.5 Å². The van der Waals surface area contributed by atoms with Crippen LogP contribution in [0, 0.1) is 11.8 Å². The van der Waals surface area contributed by atoms with Gasteiger partial charge >= 0.3 is 0 Å². The first-order valence-corrected chi connectivity index (χ1v) is 11.2. The summed E-state index contributed by atoms with van der Waals surface area (Å²) in [4.78, 5) is 29.2. The van der Waals surface area contributed by atoms with E-state index >= 15 is 0 Å². The quantitative estimate of drug-likeness (QED) is 0.764. The number of nitrogens with zero attached hydrogens (tertiary/aromatic N) is 2. The average molecular weight is 400 g/mol. The van der Waals surface area contributed by atoms with E-state index in [1.165, 1.54) is 12.8 Å². The summed E-state index contributed by atoms with van der Waals surface area (Å²) in [6.07, 6.45) is 6.40. The normalized spacial score (nSPS) is 21.2. The monoisotopic (exact) mass is 399 g/mol. The van der Waals surface area contributed by atoms with Crippen molar-refractivity contribution in [1.82, 2.24) is 15.1 Å². The Balaban J connectivity index is 1.15. The molecule has 0 unspecified atom stereocenters. The van der Waals surface area contributed by atoms with E-state index in [0.717, 1.165) is 51.2 Å². The van der Waals surface area contributed by atoms with Gasteiger partial charge in [0.1, 0.15) is 5.75 Å². The molecule has 2 amide bonds. The van der Waals surface area contributed by atoms with Crippen LogP contribution < -0.4 is 10.1 Å². The van der Waals surface area contributed by atoms with Crippen molar-refractivity contribution in [2.24, 2.45) is 11.8 Å². The largest absolute Gasteiger partial charge is 0.484 e. The van der Waals surface area contributed by atoms with Crippen LogP contribution in [-0.2, 0) is 9.59 Å². The topological polar surface area (TPSA) is 61.9 Å². The number of carbonyl (C=O) groups is 2. The van der Waals surface area contributed by atoms with Crippen LogP contribution in [0.5, 0.6) is 5.75 Å². The summed E-state index contributed by atoms with van der Waals surface area (Å²) >= 11 is 0. The number of carbonyl (C=O) groups excluding carboxylic acids is 2. The number of piperidine rings is 2. The van der Waals surface area contributed by atoms with Gasteiger partial charge < -0.3 is 19.9 Å². The second-order valence-electron chi connectivity index (χ2n) is 8.71. The third-order valence-corrected chi connectivity index (χ3v) is 6.50. The highest BCUT2D eigenvalue weighted by Gasteiger charge is 2.32. The molecular weight excluding hydrogens is 366 g/mol. The van der Waals surface area contributed by atoms with Crippen LogP contribution in [0.2, 0.25) is 0 Å². The molecule has 1 aliphatic carbocycles. The van der Waals surface area contributed by atoms with E-state index in [0.29, 0.717) is 30.8 Å². The molecule has 0 radical (unpaired) electrons. The van der Waals surface area contributed by atoms with Crippen molar-refractivity contribution in [3.63, 3.8) is 0 Å². The molecule has 2 heterocycles. The predicted octanol–water partition coefficient (Wildman–Crippen LogP) is 2.29. The third kappa shape index (κ3) is 5.72. The molecule has 1 aromatic carbocycles. The zero-order chi connectivity index (χ0) is 20.1. The number of amides is 2. The summed E-state index contributed by atoms with van der Waals surface area (Å²) < 4.78 is 5.57. The van der Waals surface area contributed by atoms with Gasteiger partial charge in [0.15, 0.2) is 6.61 Å². The lowest BCUT2D eigenvalue weighted by Crippen LogP contribution is -2.49. The van der Waals surface area contributed by atoms with E-state index in [2.05, 4.69) is 10.2 Å². The highest BCUT2D eigenvalue weighted by Crippen LogP contribution is 2.28. The zero-order valence-electron chi connectivity index (χ0n) is 17.2. The Morgan fingerprint density at radius 3 is 2.21 bits per heavy atom. The van der Waals surface area contributed by atoms with Crippen LogP contribution in [0.25, 0.3) is 0 Å². The van der Waals surface area contributed by atoms with Crippen LogP contribution >= 0.6 is 0 Å². The van der Waals surface area contributed by atoms with Gasteiger partial charge in [0.2, 0.25) is 5.91 Å². The van der Waals surface area contributed by atoms with Crippen LogP contribution in [0.3, 0.4) is 0 Å². The van der Waals surface area contributed by atoms with E-state index in [9.17, 15) is 9.59 Å². The predicted molar refractivity (Wildman–Crippen MR) is 112 cm³/mol. The van der Waals surface area contributed by atoms with Crippen molar-refractivity contribution < 1.29 is 14.3 Å². The lowest BCUT2D eigenvalue weighted by atomic mass is 9.93. The number of ether oxygens (including phenoxy) is 1. The Morgan fingerprint density at radius 1 is 0.897 bits per heavy atom. The first-order valence-electron chi connectivity index (χ1n) is 11.2. The third-order valence-electron chi connectivity index (χ3n) is 6.50. The fraction of sp³-hybridized carbons (Fsp3) is 0.652. The van der Waals surface area contributed by atoms with E-state index in [1.54, 1.807) is 0 Å². The number of nitrogens with one attached hydrogen (secondary N) is 1. The molecule has 6 heteroatoms. The van der Waals surface area contributed by atoms with Gasteiger partial charge in [-0.25, -0.2) is 0 Å². The van der Waals surface area contributed by atoms with Gasteiger partial charge in [-0.3, -0.25) is 9.59 Å². The number of hydrogen-bond donors (Lipinski definition) is 1. The highest BCUT2D eigenvalue weighted by atomic mass is 16.5.